The van der Waals surface area contributed by atoms with Gasteiger partial charge in [-0.2, -0.15) is 0 Å². The van der Waals surface area contributed by atoms with Crippen LogP contribution in [0.2, 0.25) is 5.02 Å². The van der Waals surface area contributed by atoms with E-state index in [-0.39, 0.29) is 22.3 Å². The highest BCUT2D eigenvalue weighted by Crippen LogP contribution is 2.25. The van der Waals surface area contributed by atoms with Gasteiger partial charge in [-0.3, -0.25) is 0 Å². The van der Waals surface area contributed by atoms with E-state index in [2.05, 4.69) is 26.0 Å². The molecule has 1 aromatic rings. The normalized spacial score (nSPS) is 15.4. The van der Waals surface area contributed by atoms with Crippen LogP contribution in [0.1, 0.15) is 6.42 Å². The Morgan fingerprint density at radius 2 is 2.15 bits per heavy atom. The van der Waals surface area contributed by atoms with Gasteiger partial charge in [0.1, 0.15) is 4.90 Å². The standard InChI is InChI=1S/C12H14BrClN2O2S.ClH/c13-10-1-2-11(14)12(7-10)19(17,18)16-8-9-3-5-15-6-4-9;/h1-3,7,15-16H,4-6,8H2;1H. The number of sulfonamides is 1. The van der Waals surface area contributed by atoms with Crippen LogP contribution in [0.15, 0.2) is 39.2 Å². The second kappa shape index (κ2) is 7.77. The maximum Gasteiger partial charge on any atom is 0.242 e. The molecule has 1 aliphatic rings. The average Bonchev–Trinajstić information content (AvgIpc) is 2.40. The van der Waals surface area contributed by atoms with Crippen LogP contribution in [-0.4, -0.2) is 28.1 Å². The van der Waals surface area contributed by atoms with Crippen LogP contribution in [0.25, 0.3) is 0 Å². The molecule has 0 atom stereocenters. The Kier molecular flexibility index (Phi) is 6.97. The van der Waals surface area contributed by atoms with E-state index in [0.29, 0.717) is 11.0 Å². The van der Waals surface area contributed by atoms with Gasteiger partial charge in [0.05, 0.1) is 5.02 Å². The van der Waals surface area contributed by atoms with Crippen molar-refractivity contribution in [3.05, 3.63) is 39.3 Å². The molecule has 0 fully saturated rings. The van der Waals surface area contributed by atoms with Crippen molar-refractivity contribution in [2.75, 3.05) is 19.6 Å². The fourth-order valence-electron chi connectivity index (χ4n) is 1.78. The van der Waals surface area contributed by atoms with E-state index in [1.807, 2.05) is 6.08 Å². The fourth-order valence-corrected chi connectivity index (χ4v) is 3.85. The van der Waals surface area contributed by atoms with Crippen LogP contribution in [0.3, 0.4) is 0 Å². The third-order valence-electron chi connectivity index (χ3n) is 2.83. The monoisotopic (exact) mass is 400 g/mol. The van der Waals surface area contributed by atoms with E-state index in [4.69, 9.17) is 11.6 Å². The molecule has 0 amide bonds. The Labute approximate surface area is 138 Å². The Hall–Kier alpha value is -0.110. The molecule has 0 unspecified atom stereocenters. The van der Waals surface area contributed by atoms with Crippen LogP contribution in [0.4, 0.5) is 0 Å². The van der Waals surface area contributed by atoms with Crippen molar-refractivity contribution in [1.82, 2.24) is 10.0 Å². The Morgan fingerprint density at radius 3 is 2.80 bits per heavy atom. The highest BCUT2D eigenvalue weighted by atomic mass is 79.9. The molecule has 8 heteroatoms. The smallest absolute Gasteiger partial charge is 0.242 e. The number of benzene rings is 1. The third kappa shape index (κ3) is 4.72. The van der Waals surface area contributed by atoms with Crippen molar-refractivity contribution in [1.29, 1.82) is 0 Å². The highest BCUT2D eigenvalue weighted by Gasteiger charge is 2.18. The lowest BCUT2D eigenvalue weighted by molar-refractivity contribution is 0.582. The summed E-state index contributed by atoms with van der Waals surface area (Å²) in [6.45, 7) is 1.99. The van der Waals surface area contributed by atoms with E-state index < -0.39 is 10.0 Å². The molecule has 0 spiro atoms. The van der Waals surface area contributed by atoms with Gasteiger partial charge >= 0.3 is 0 Å². The summed E-state index contributed by atoms with van der Waals surface area (Å²) < 4.78 is 27.6. The molecule has 1 aliphatic heterocycles. The zero-order valence-corrected chi connectivity index (χ0v) is 14.5. The Bertz CT molecular complexity index is 605. The van der Waals surface area contributed by atoms with Gasteiger partial charge in [-0.15, -0.1) is 12.4 Å². The average molecular weight is 402 g/mol. The predicted molar refractivity (Wildman–Crippen MR) is 87.2 cm³/mol. The van der Waals surface area contributed by atoms with Crippen LogP contribution >= 0.6 is 39.9 Å². The minimum absolute atomic E-state index is 0. The lowest BCUT2D eigenvalue weighted by Crippen LogP contribution is -2.29. The molecule has 112 valence electrons. The highest BCUT2D eigenvalue weighted by molar-refractivity contribution is 9.10. The molecule has 4 nitrogen and oxygen atoms in total. The third-order valence-corrected chi connectivity index (χ3v) is 5.21. The second-order valence-electron chi connectivity index (χ2n) is 4.22. The van der Waals surface area contributed by atoms with Gasteiger partial charge in [0.15, 0.2) is 0 Å². The molecule has 2 rings (SSSR count). The summed E-state index contributed by atoms with van der Waals surface area (Å²) in [5.74, 6) is 0. The summed E-state index contributed by atoms with van der Waals surface area (Å²) in [7, 11) is -3.59. The second-order valence-corrected chi connectivity index (χ2v) is 7.27. The van der Waals surface area contributed by atoms with Crippen molar-refractivity contribution < 1.29 is 8.42 Å². The number of hydrogen-bond donors (Lipinski definition) is 2. The molecule has 0 aliphatic carbocycles. The molecule has 20 heavy (non-hydrogen) atoms. The molecule has 0 saturated carbocycles. The van der Waals surface area contributed by atoms with E-state index in [1.165, 1.54) is 6.07 Å². The van der Waals surface area contributed by atoms with Crippen molar-refractivity contribution in [3.63, 3.8) is 0 Å². The minimum atomic E-state index is -3.59. The summed E-state index contributed by atoms with van der Waals surface area (Å²) in [5, 5.41) is 3.40. The summed E-state index contributed by atoms with van der Waals surface area (Å²) in [6, 6.07) is 4.77. The fraction of sp³-hybridized carbons (Fsp3) is 0.333. The number of rotatable bonds is 4. The summed E-state index contributed by atoms with van der Waals surface area (Å²) >= 11 is 9.18. The number of halogens is 3. The molecular formula is C12H15BrCl2N2O2S. The van der Waals surface area contributed by atoms with Gasteiger partial charge in [0.25, 0.3) is 0 Å². The Morgan fingerprint density at radius 1 is 1.40 bits per heavy atom. The van der Waals surface area contributed by atoms with Crippen LogP contribution < -0.4 is 10.0 Å². The molecule has 0 radical (unpaired) electrons. The SMILES string of the molecule is Cl.O=S(=O)(NCC1=CCNCC1)c1cc(Br)ccc1Cl. The van der Waals surface area contributed by atoms with Crippen molar-refractivity contribution in [2.45, 2.75) is 11.3 Å². The first-order chi connectivity index (χ1) is 8.99. The number of nitrogens with one attached hydrogen (secondary N) is 2. The molecule has 0 saturated heterocycles. The molecular weight excluding hydrogens is 387 g/mol. The lowest BCUT2D eigenvalue weighted by Gasteiger charge is -2.15. The molecule has 1 aromatic carbocycles. The summed E-state index contributed by atoms with van der Waals surface area (Å²) in [6.07, 6.45) is 2.86. The van der Waals surface area contributed by atoms with Gasteiger partial charge < -0.3 is 5.32 Å². The zero-order valence-electron chi connectivity index (χ0n) is 10.5. The van der Waals surface area contributed by atoms with Gasteiger partial charge in [0, 0.05) is 17.6 Å². The van der Waals surface area contributed by atoms with E-state index in [0.717, 1.165) is 25.1 Å². The van der Waals surface area contributed by atoms with Gasteiger partial charge in [0.2, 0.25) is 10.0 Å². The van der Waals surface area contributed by atoms with Gasteiger partial charge in [-0.25, -0.2) is 13.1 Å². The first kappa shape index (κ1) is 17.9. The molecule has 0 aromatic heterocycles. The summed E-state index contributed by atoms with van der Waals surface area (Å²) in [5.41, 5.74) is 1.09. The van der Waals surface area contributed by atoms with Crippen molar-refractivity contribution >= 4 is 50.0 Å². The van der Waals surface area contributed by atoms with Crippen LogP contribution in [-0.2, 0) is 10.0 Å². The van der Waals surface area contributed by atoms with E-state index in [9.17, 15) is 8.42 Å². The topological polar surface area (TPSA) is 58.2 Å². The van der Waals surface area contributed by atoms with Gasteiger partial charge in [-0.1, -0.05) is 39.2 Å². The molecule has 2 N–H and O–H groups in total. The zero-order chi connectivity index (χ0) is 13.9. The predicted octanol–water partition coefficient (Wildman–Crippen LogP) is 2.72. The van der Waals surface area contributed by atoms with Crippen molar-refractivity contribution in [3.8, 4) is 0 Å². The van der Waals surface area contributed by atoms with Crippen molar-refractivity contribution in [2.24, 2.45) is 0 Å². The maximum atomic E-state index is 12.2. The summed E-state index contributed by atoms with van der Waals surface area (Å²) in [4.78, 5) is 0.0954. The van der Waals surface area contributed by atoms with Gasteiger partial charge in [-0.05, 0) is 31.2 Å². The quantitative estimate of drug-likeness (QED) is 0.762. The first-order valence-electron chi connectivity index (χ1n) is 5.82. The first-order valence-corrected chi connectivity index (χ1v) is 8.48. The van der Waals surface area contributed by atoms with Crippen LogP contribution in [0.5, 0.6) is 0 Å². The van der Waals surface area contributed by atoms with E-state index >= 15 is 0 Å². The largest absolute Gasteiger partial charge is 0.313 e. The van der Waals surface area contributed by atoms with E-state index in [1.54, 1.807) is 12.1 Å². The minimum Gasteiger partial charge on any atom is -0.313 e. The maximum absolute atomic E-state index is 12.2. The number of hydrogen-bond acceptors (Lipinski definition) is 3. The molecule has 0 bridgehead atoms. The Balaban J connectivity index is 0.00000200. The molecule has 1 heterocycles. The van der Waals surface area contributed by atoms with Crippen LogP contribution in [0, 0.1) is 0 Å². The lowest BCUT2D eigenvalue weighted by atomic mass is 10.1.